The van der Waals surface area contributed by atoms with Gasteiger partial charge in [0.1, 0.15) is 0 Å². The molecule has 3 nitrogen and oxygen atoms in total. The molecule has 21 heavy (non-hydrogen) atoms. The number of anilines is 2. The van der Waals surface area contributed by atoms with Crippen LogP contribution in [-0.4, -0.2) is 12.5 Å². The molecule has 0 fully saturated rings. The second-order valence-corrected chi connectivity index (χ2v) is 5.36. The first kappa shape index (κ1) is 15.1. The summed E-state index contributed by atoms with van der Waals surface area (Å²) >= 11 is 0. The number of hydrogen-bond donors (Lipinski definition) is 2. The van der Waals surface area contributed by atoms with Gasteiger partial charge in [0.2, 0.25) is 5.91 Å². The van der Waals surface area contributed by atoms with Crippen LogP contribution in [0.2, 0.25) is 0 Å². The van der Waals surface area contributed by atoms with Crippen LogP contribution in [0.15, 0.2) is 42.5 Å². The van der Waals surface area contributed by atoms with Gasteiger partial charge in [-0.2, -0.15) is 0 Å². The minimum Gasteiger partial charge on any atom is -0.384 e. The van der Waals surface area contributed by atoms with Crippen molar-refractivity contribution in [2.45, 2.75) is 27.2 Å². The van der Waals surface area contributed by atoms with E-state index in [0.29, 0.717) is 13.0 Å². The highest BCUT2D eigenvalue weighted by Crippen LogP contribution is 2.19. The van der Waals surface area contributed by atoms with E-state index < -0.39 is 0 Å². The number of para-hydroxylation sites is 1. The Kier molecular flexibility index (Phi) is 4.99. The van der Waals surface area contributed by atoms with Crippen molar-refractivity contribution in [1.82, 2.24) is 0 Å². The van der Waals surface area contributed by atoms with Crippen molar-refractivity contribution in [3.63, 3.8) is 0 Å². The van der Waals surface area contributed by atoms with Crippen LogP contribution >= 0.6 is 0 Å². The first-order valence-electron chi connectivity index (χ1n) is 7.23. The minimum atomic E-state index is 0.0255. The lowest BCUT2D eigenvalue weighted by Crippen LogP contribution is -2.16. The summed E-state index contributed by atoms with van der Waals surface area (Å²) in [4.78, 5) is 11.9. The second kappa shape index (κ2) is 6.93. The number of carbonyl (C=O) groups is 1. The topological polar surface area (TPSA) is 41.1 Å². The minimum absolute atomic E-state index is 0.0255. The fourth-order valence-corrected chi connectivity index (χ4v) is 2.25. The molecule has 0 saturated carbocycles. The highest BCUT2D eigenvalue weighted by molar-refractivity contribution is 5.91. The van der Waals surface area contributed by atoms with Crippen molar-refractivity contribution in [2.24, 2.45) is 0 Å². The average molecular weight is 282 g/mol. The molecule has 0 heterocycles. The van der Waals surface area contributed by atoms with Crippen molar-refractivity contribution in [3.05, 3.63) is 59.2 Å². The number of hydrogen-bond acceptors (Lipinski definition) is 2. The van der Waals surface area contributed by atoms with E-state index in [1.165, 1.54) is 16.7 Å². The number of carbonyl (C=O) groups excluding carboxylic acids is 1. The molecular weight excluding hydrogens is 260 g/mol. The third kappa shape index (κ3) is 4.35. The van der Waals surface area contributed by atoms with E-state index in [4.69, 9.17) is 0 Å². The fraction of sp³-hybridized carbons (Fsp3) is 0.278. The van der Waals surface area contributed by atoms with Gasteiger partial charge in [0.25, 0.3) is 0 Å². The number of rotatable bonds is 5. The number of nitrogens with one attached hydrogen (secondary N) is 2. The number of amides is 1. The van der Waals surface area contributed by atoms with E-state index in [1.807, 2.05) is 37.3 Å². The Balaban J connectivity index is 1.83. The largest absolute Gasteiger partial charge is 0.384 e. The zero-order valence-corrected chi connectivity index (χ0v) is 12.9. The average Bonchev–Trinajstić information content (AvgIpc) is 2.45. The first-order chi connectivity index (χ1) is 10.1. The van der Waals surface area contributed by atoms with Gasteiger partial charge < -0.3 is 10.6 Å². The van der Waals surface area contributed by atoms with Gasteiger partial charge in [-0.15, -0.1) is 0 Å². The van der Waals surface area contributed by atoms with Crippen LogP contribution in [0.25, 0.3) is 0 Å². The van der Waals surface area contributed by atoms with E-state index in [1.54, 1.807) is 0 Å². The Morgan fingerprint density at radius 1 is 0.952 bits per heavy atom. The molecule has 110 valence electrons. The molecule has 2 aromatic rings. The number of benzene rings is 2. The molecule has 0 aliphatic heterocycles. The molecule has 2 aromatic carbocycles. The zero-order valence-electron chi connectivity index (χ0n) is 12.9. The molecule has 3 heteroatoms. The van der Waals surface area contributed by atoms with Crippen LogP contribution in [0.1, 0.15) is 23.1 Å². The quantitative estimate of drug-likeness (QED) is 0.868. The lowest BCUT2D eigenvalue weighted by atomic mass is 10.1. The van der Waals surface area contributed by atoms with Crippen molar-refractivity contribution in [2.75, 3.05) is 17.2 Å². The third-order valence-electron chi connectivity index (χ3n) is 3.47. The monoisotopic (exact) mass is 282 g/mol. The molecule has 0 radical (unpaired) electrons. The summed E-state index contributed by atoms with van der Waals surface area (Å²) in [6.07, 6.45) is 0.446. The van der Waals surface area contributed by atoms with Gasteiger partial charge >= 0.3 is 0 Å². The van der Waals surface area contributed by atoms with Crippen LogP contribution in [0.3, 0.4) is 0 Å². The van der Waals surface area contributed by atoms with Crippen molar-refractivity contribution in [3.8, 4) is 0 Å². The van der Waals surface area contributed by atoms with Crippen LogP contribution in [0.4, 0.5) is 11.4 Å². The summed E-state index contributed by atoms with van der Waals surface area (Å²) in [5, 5.41) is 6.25. The summed E-state index contributed by atoms with van der Waals surface area (Å²) in [5.41, 5.74) is 5.56. The van der Waals surface area contributed by atoms with Crippen LogP contribution in [-0.2, 0) is 4.79 Å². The van der Waals surface area contributed by atoms with Gasteiger partial charge in [0.15, 0.2) is 0 Å². The van der Waals surface area contributed by atoms with Crippen LogP contribution in [0, 0.1) is 20.8 Å². The summed E-state index contributed by atoms with van der Waals surface area (Å²) < 4.78 is 0. The molecule has 1 amide bonds. The van der Waals surface area contributed by atoms with Crippen LogP contribution in [0.5, 0.6) is 0 Å². The predicted molar refractivity (Wildman–Crippen MR) is 88.8 cm³/mol. The van der Waals surface area contributed by atoms with E-state index >= 15 is 0 Å². The predicted octanol–water partition coefficient (Wildman–Crippen LogP) is 4.05. The van der Waals surface area contributed by atoms with Crippen molar-refractivity contribution >= 4 is 17.3 Å². The summed E-state index contributed by atoms with van der Waals surface area (Å²) in [6.45, 7) is 6.80. The Labute approximate surface area is 126 Å². The molecule has 0 aliphatic rings. The molecule has 0 aromatic heterocycles. The standard InChI is InChI=1S/C18H22N2O/c1-13-7-9-16(10-8-13)20-17(21)11-12-19-18-14(2)5-4-6-15(18)3/h4-10,19H,11-12H2,1-3H3,(H,20,21). The molecule has 2 rings (SSSR count). The third-order valence-corrected chi connectivity index (χ3v) is 3.47. The Hall–Kier alpha value is -2.29. The van der Waals surface area contributed by atoms with Gasteiger partial charge in [0.05, 0.1) is 0 Å². The Morgan fingerprint density at radius 2 is 1.57 bits per heavy atom. The van der Waals surface area contributed by atoms with E-state index in [0.717, 1.165) is 11.4 Å². The summed E-state index contributed by atoms with van der Waals surface area (Å²) in [6, 6.07) is 14.0. The van der Waals surface area contributed by atoms with Crippen LogP contribution < -0.4 is 10.6 Å². The van der Waals surface area contributed by atoms with E-state index in [9.17, 15) is 4.79 Å². The fourth-order valence-electron chi connectivity index (χ4n) is 2.25. The molecule has 0 unspecified atom stereocenters. The van der Waals surface area contributed by atoms with E-state index in [-0.39, 0.29) is 5.91 Å². The van der Waals surface area contributed by atoms with Crippen molar-refractivity contribution < 1.29 is 4.79 Å². The SMILES string of the molecule is Cc1ccc(NC(=O)CCNc2c(C)cccc2C)cc1. The Morgan fingerprint density at radius 3 is 2.19 bits per heavy atom. The highest BCUT2D eigenvalue weighted by Gasteiger charge is 2.04. The molecule has 2 N–H and O–H groups in total. The Bertz CT molecular complexity index is 597. The molecule has 0 spiro atoms. The van der Waals surface area contributed by atoms with Gasteiger partial charge in [0, 0.05) is 24.3 Å². The van der Waals surface area contributed by atoms with Gasteiger partial charge in [-0.1, -0.05) is 35.9 Å². The molecule has 0 aliphatic carbocycles. The smallest absolute Gasteiger partial charge is 0.226 e. The number of aryl methyl sites for hydroxylation is 3. The maximum Gasteiger partial charge on any atom is 0.226 e. The second-order valence-electron chi connectivity index (χ2n) is 5.36. The molecule has 0 bridgehead atoms. The molecule has 0 atom stereocenters. The van der Waals surface area contributed by atoms with Gasteiger partial charge in [-0.05, 0) is 44.0 Å². The summed E-state index contributed by atoms with van der Waals surface area (Å²) in [7, 11) is 0. The maximum atomic E-state index is 11.9. The molecule has 0 saturated heterocycles. The lowest BCUT2D eigenvalue weighted by molar-refractivity contribution is -0.115. The van der Waals surface area contributed by atoms with Gasteiger partial charge in [-0.3, -0.25) is 4.79 Å². The maximum absolute atomic E-state index is 11.9. The lowest BCUT2D eigenvalue weighted by Gasteiger charge is -2.12. The molecular formula is C18H22N2O. The summed E-state index contributed by atoms with van der Waals surface area (Å²) in [5.74, 6) is 0.0255. The van der Waals surface area contributed by atoms with Gasteiger partial charge in [-0.25, -0.2) is 0 Å². The normalized spacial score (nSPS) is 10.2. The first-order valence-corrected chi connectivity index (χ1v) is 7.23. The highest BCUT2D eigenvalue weighted by atomic mass is 16.1. The zero-order chi connectivity index (χ0) is 15.2. The van der Waals surface area contributed by atoms with Crippen molar-refractivity contribution in [1.29, 1.82) is 0 Å². The van der Waals surface area contributed by atoms with E-state index in [2.05, 4.69) is 36.6 Å².